The second kappa shape index (κ2) is 9.24. The Morgan fingerprint density at radius 2 is 1.00 bits per heavy atom. The van der Waals surface area contributed by atoms with E-state index < -0.39 is 0 Å². The van der Waals surface area contributed by atoms with Crippen LogP contribution in [0.15, 0.2) is 93.4 Å². The number of hydrogen-bond acceptors (Lipinski definition) is 2. The van der Waals surface area contributed by atoms with Gasteiger partial charge in [0.2, 0.25) is 0 Å². The summed E-state index contributed by atoms with van der Waals surface area (Å²) in [7, 11) is 0. The van der Waals surface area contributed by atoms with E-state index in [4.69, 9.17) is 0 Å². The molecule has 36 heavy (non-hydrogen) atoms. The Morgan fingerprint density at radius 3 is 1.39 bits per heavy atom. The molecule has 2 aliphatic carbocycles. The zero-order valence-corrected chi connectivity index (χ0v) is 23.6. The fraction of sp³-hybridized carbons (Fsp3) is 0.188. The first-order valence-corrected chi connectivity index (χ1v) is 13.8. The highest BCUT2D eigenvalue weighted by Gasteiger charge is 2.38. The molecule has 2 aromatic heterocycles. The van der Waals surface area contributed by atoms with E-state index in [0.29, 0.717) is 17.8 Å². The molecule has 4 heteroatoms. The SMILES string of the molecule is CC1=Cc2c(Br)cc(-c3ccncc3)cc2C1C(C)C1C(C)=Cc2c(Br)cc(-c3ccncc3)cc21. The summed E-state index contributed by atoms with van der Waals surface area (Å²) < 4.78 is 2.31. The number of allylic oxidation sites excluding steroid dienone is 2. The first-order chi connectivity index (χ1) is 17.4. The number of benzene rings is 2. The largest absolute Gasteiger partial charge is 0.265 e. The van der Waals surface area contributed by atoms with Gasteiger partial charge in [0.1, 0.15) is 0 Å². The first-order valence-electron chi connectivity index (χ1n) is 12.3. The molecule has 0 saturated carbocycles. The maximum atomic E-state index is 4.20. The summed E-state index contributed by atoms with van der Waals surface area (Å²) in [6.07, 6.45) is 12.2. The van der Waals surface area contributed by atoms with Crippen molar-refractivity contribution in [1.29, 1.82) is 0 Å². The average Bonchev–Trinajstić information content (AvgIpc) is 3.41. The lowest BCUT2D eigenvalue weighted by molar-refractivity contribution is 0.455. The smallest absolute Gasteiger partial charge is 0.0273 e. The number of nitrogens with zero attached hydrogens (tertiary/aromatic N) is 2. The molecule has 0 saturated heterocycles. The average molecular weight is 598 g/mol. The van der Waals surface area contributed by atoms with Gasteiger partial charge in [-0.25, -0.2) is 0 Å². The van der Waals surface area contributed by atoms with Crippen molar-refractivity contribution in [3.63, 3.8) is 0 Å². The van der Waals surface area contributed by atoms with Crippen molar-refractivity contribution in [3.8, 4) is 22.3 Å². The molecule has 0 bridgehead atoms. The standard InChI is InChI=1S/C32H26Br2N2/c1-18-12-25-27(14-23(16-29(25)33)21-4-8-35-9-5-21)31(18)20(3)32-19(2)13-26-28(32)15-24(17-30(26)34)22-6-10-36-11-7-22/h4-17,20,31-32H,1-3H3. The molecular formula is C32H26Br2N2. The Hall–Kier alpha value is -2.82. The maximum absolute atomic E-state index is 4.20. The highest BCUT2D eigenvalue weighted by atomic mass is 79.9. The van der Waals surface area contributed by atoms with E-state index >= 15 is 0 Å². The molecule has 0 spiro atoms. The van der Waals surface area contributed by atoms with Gasteiger partial charge < -0.3 is 0 Å². The monoisotopic (exact) mass is 596 g/mol. The van der Waals surface area contributed by atoms with Crippen molar-refractivity contribution in [2.24, 2.45) is 5.92 Å². The predicted molar refractivity (Wildman–Crippen MR) is 157 cm³/mol. The first kappa shape index (κ1) is 23.6. The van der Waals surface area contributed by atoms with E-state index in [2.05, 4.69) is 123 Å². The Bertz CT molecular complexity index is 1420. The second-order valence-corrected chi connectivity index (χ2v) is 11.7. The molecule has 2 heterocycles. The molecule has 0 N–H and O–H groups in total. The highest BCUT2D eigenvalue weighted by Crippen LogP contribution is 2.54. The van der Waals surface area contributed by atoms with Crippen molar-refractivity contribution >= 4 is 44.0 Å². The molecular weight excluding hydrogens is 572 g/mol. The molecule has 0 aliphatic heterocycles. The number of aromatic nitrogens is 2. The zero-order valence-electron chi connectivity index (χ0n) is 20.5. The van der Waals surface area contributed by atoms with Crippen LogP contribution < -0.4 is 0 Å². The number of hydrogen-bond donors (Lipinski definition) is 0. The van der Waals surface area contributed by atoms with Crippen LogP contribution in [-0.4, -0.2) is 9.97 Å². The lowest BCUT2D eigenvalue weighted by Gasteiger charge is -2.31. The fourth-order valence-corrected chi connectivity index (χ4v) is 7.41. The van der Waals surface area contributed by atoms with Gasteiger partial charge in [-0.15, -0.1) is 0 Å². The van der Waals surface area contributed by atoms with Gasteiger partial charge in [-0.2, -0.15) is 0 Å². The Balaban J connectivity index is 1.44. The minimum absolute atomic E-state index is 0.348. The van der Waals surface area contributed by atoms with Crippen molar-refractivity contribution < 1.29 is 0 Å². The third-order valence-corrected chi connectivity index (χ3v) is 9.11. The molecule has 0 radical (unpaired) electrons. The van der Waals surface area contributed by atoms with Crippen LogP contribution in [0.2, 0.25) is 0 Å². The normalized spacial score (nSPS) is 18.9. The molecule has 2 atom stereocenters. The minimum Gasteiger partial charge on any atom is -0.265 e. The van der Waals surface area contributed by atoms with Gasteiger partial charge >= 0.3 is 0 Å². The summed E-state index contributed by atoms with van der Waals surface area (Å²) in [5.41, 5.74) is 13.1. The summed E-state index contributed by atoms with van der Waals surface area (Å²) in [6, 6.07) is 17.6. The van der Waals surface area contributed by atoms with Crippen LogP contribution in [0, 0.1) is 5.92 Å². The Labute approximate surface area is 229 Å². The Kier molecular flexibility index (Phi) is 6.05. The summed E-state index contributed by atoms with van der Waals surface area (Å²) in [4.78, 5) is 8.41. The number of halogens is 2. The van der Waals surface area contributed by atoms with Crippen LogP contribution >= 0.6 is 31.9 Å². The molecule has 4 aromatic rings. The molecule has 178 valence electrons. The van der Waals surface area contributed by atoms with Crippen LogP contribution in [0.1, 0.15) is 54.9 Å². The van der Waals surface area contributed by atoms with Crippen molar-refractivity contribution in [2.75, 3.05) is 0 Å². The molecule has 0 fully saturated rings. The second-order valence-electron chi connectivity index (χ2n) is 9.98. The van der Waals surface area contributed by atoms with E-state index in [1.54, 1.807) is 0 Å². The van der Waals surface area contributed by atoms with Gasteiger partial charge in [0.25, 0.3) is 0 Å². The van der Waals surface area contributed by atoms with Gasteiger partial charge in [0.15, 0.2) is 0 Å². The van der Waals surface area contributed by atoms with Crippen molar-refractivity contribution in [3.05, 3.63) is 116 Å². The Morgan fingerprint density at radius 1 is 0.611 bits per heavy atom. The third kappa shape index (κ3) is 3.91. The summed E-state index contributed by atoms with van der Waals surface area (Å²) in [5.74, 6) is 1.10. The van der Waals surface area contributed by atoms with Gasteiger partial charge in [0.05, 0.1) is 0 Å². The van der Waals surface area contributed by atoms with Crippen molar-refractivity contribution in [2.45, 2.75) is 32.6 Å². The van der Waals surface area contributed by atoms with Crippen LogP contribution in [0.25, 0.3) is 34.4 Å². The molecule has 6 rings (SSSR count). The number of fused-ring (bicyclic) bond motifs is 2. The van der Waals surface area contributed by atoms with Crippen molar-refractivity contribution in [1.82, 2.24) is 9.97 Å². The van der Waals surface area contributed by atoms with Gasteiger partial charge in [-0.1, -0.05) is 62.1 Å². The number of pyridine rings is 2. The van der Waals surface area contributed by atoms with Crippen LogP contribution in [0.3, 0.4) is 0 Å². The molecule has 0 amide bonds. The van der Waals surface area contributed by atoms with Gasteiger partial charge in [-0.05, 0) is 113 Å². The predicted octanol–water partition coefficient (Wildman–Crippen LogP) is 9.67. The van der Waals surface area contributed by atoms with E-state index in [9.17, 15) is 0 Å². The van der Waals surface area contributed by atoms with Gasteiger partial charge in [-0.3, -0.25) is 9.97 Å². The zero-order chi connectivity index (χ0) is 25.0. The quantitative estimate of drug-likeness (QED) is 0.234. The molecule has 2 unspecified atom stereocenters. The minimum atomic E-state index is 0.348. The van der Waals surface area contributed by atoms with E-state index in [1.165, 1.54) is 55.7 Å². The lowest BCUT2D eigenvalue weighted by Crippen LogP contribution is -2.18. The van der Waals surface area contributed by atoms with Crippen LogP contribution in [0.4, 0.5) is 0 Å². The fourth-order valence-electron chi connectivity index (χ4n) is 6.23. The highest BCUT2D eigenvalue weighted by molar-refractivity contribution is 9.10. The summed E-state index contributed by atoms with van der Waals surface area (Å²) >= 11 is 7.77. The van der Waals surface area contributed by atoms with Crippen LogP contribution in [-0.2, 0) is 0 Å². The maximum Gasteiger partial charge on any atom is 0.0273 e. The third-order valence-electron chi connectivity index (χ3n) is 7.80. The summed E-state index contributed by atoms with van der Waals surface area (Å²) in [6.45, 7) is 7.00. The number of rotatable bonds is 4. The summed E-state index contributed by atoms with van der Waals surface area (Å²) in [5, 5.41) is 0. The van der Waals surface area contributed by atoms with Crippen LogP contribution in [0.5, 0.6) is 0 Å². The lowest BCUT2D eigenvalue weighted by atomic mass is 9.73. The van der Waals surface area contributed by atoms with E-state index in [0.717, 1.165) is 8.95 Å². The van der Waals surface area contributed by atoms with E-state index in [1.807, 2.05) is 24.8 Å². The molecule has 2 aliphatic rings. The van der Waals surface area contributed by atoms with E-state index in [-0.39, 0.29) is 0 Å². The van der Waals surface area contributed by atoms with Gasteiger partial charge in [0, 0.05) is 45.6 Å². The molecule has 2 aromatic carbocycles. The topological polar surface area (TPSA) is 25.8 Å². The molecule has 2 nitrogen and oxygen atoms in total.